The molecule has 5 heteroatoms. The second-order valence-corrected chi connectivity index (χ2v) is 3.93. The molecule has 0 fully saturated rings. The minimum Gasteiger partial charge on any atom is -0.352 e. The summed E-state index contributed by atoms with van der Waals surface area (Å²) in [4.78, 5) is 27.0. The lowest BCUT2D eigenvalue weighted by Crippen LogP contribution is -2.23. The summed E-state index contributed by atoms with van der Waals surface area (Å²) in [5, 5.41) is 5.33. The number of hydrogen-bond acceptors (Lipinski definition) is 3. The Morgan fingerprint density at radius 3 is 2.71 bits per heavy atom. The molecule has 0 aliphatic heterocycles. The van der Waals surface area contributed by atoms with E-state index in [9.17, 15) is 9.59 Å². The van der Waals surface area contributed by atoms with Crippen LogP contribution in [0, 0.1) is 5.92 Å². The first kappa shape index (κ1) is 13.2. The van der Waals surface area contributed by atoms with Gasteiger partial charge in [0, 0.05) is 24.2 Å². The number of pyridine rings is 1. The summed E-state index contributed by atoms with van der Waals surface area (Å²) in [5.74, 6) is -0.0159. The van der Waals surface area contributed by atoms with E-state index in [1.54, 1.807) is 26.0 Å². The summed E-state index contributed by atoms with van der Waals surface area (Å²) < 4.78 is 0. The normalized spacial score (nSPS) is 10.1. The molecule has 0 aromatic carbocycles. The fraction of sp³-hybridized carbons (Fsp3) is 0.417. The first-order valence-electron chi connectivity index (χ1n) is 5.59. The van der Waals surface area contributed by atoms with E-state index in [0.717, 1.165) is 0 Å². The van der Waals surface area contributed by atoms with Crippen LogP contribution in [0.5, 0.6) is 0 Å². The maximum absolute atomic E-state index is 11.6. The molecule has 1 aromatic heterocycles. The molecule has 2 amide bonds. The van der Waals surface area contributed by atoms with Crippen molar-refractivity contribution in [2.45, 2.75) is 20.8 Å². The first-order valence-corrected chi connectivity index (χ1v) is 5.59. The molecular formula is C12H17N3O2. The summed E-state index contributed by atoms with van der Waals surface area (Å²) in [6, 6.07) is 3.17. The average molecular weight is 235 g/mol. The first-order chi connectivity index (χ1) is 8.04. The summed E-state index contributed by atoms with van der Waals surface area (Å²) >= 11 is 0. The molecule has 0 spiro atoms. The van der Waals surface area contributed by atoms with Crippen molar-refractivity contribution >= 4 is 17.6 Å². The zero-order chi connectivity index (χ0) is 12.8. The molecular weight excluding hydrogens is 218 g/mol. The van der Waals surface area contributed by atoms with E-state index in [4.69, 9.17) is 0 Å². The van der Waals surface area contributed by atoms with Gasteiger partial charge < -0.3 is 10.6 Å². The molecule has 1 aromatic rings. The molecule has 0 saturated heterocycles. The number of aromatic nitrogens is 1. The maximum atomic E-state index is 11.6. The molecule has 1 heterocycles. The third-order valence-electron chi connectivity index (χ3n) is 2.14. The van der Waals surface area contributed by atoms with Gasteiger partial charge in [0.15, 0.2) is 0 Å². The molecule has 0 bridgehead atoms. The van der Waals surface area contributed by atoms with Gasteiger partial charge in [0.2, 0.25) is 5.91 Å². The van der Waals surface area contributed by atoms with Crippen molar-refractivity contribution in [3.8, 4) is 0 Å². The van der Waals surface area contributed by atoms with Gasteiger partial charge in [0.25, 0.3) is 5.91 Å². The Morgan fingerprint density at radius 1 is 1.41 bits per heavy atom. The number of rotatable bonds is 4. The molecule has 92 valence electrons. The predicted octanol–water partition coefficient (Wildman–Crippen LogP) is 1.43. The number of hydrogen-bond donors (Lipinski definition) is 2. The molecule has 1 rings (SSSR count). The van der Waals surface area contributed by atoms with E-state index in [0.29, 0.717) is 17.9 Å². The Hall–Kier alpha value is -1.91. The fourth-order valence-corrected chi connectivity index (χ4v) is 1.17. The van der Waals surface area contributed by atoms with Crippen molar-refractivity contribution in [2.75, 3.05) is 11.9 Å². The van der Waals surface area contributed by atoms with Crippen LogP contribution in [0.3, 0.4) is 0 Å². The number of anilines is 1. The fourth-order valence-electron chi connectivity index (χ4n) is 1.17. The summed E-state index contributed by atoms with van der Waals surface area (Å²) in [7, 11) is 0. The Labute approximate surface area is 101 Å². The number of carbonyl (C=O) groups is 2. The van der Waals surface area contributed by atoms with Crippen molar-refractivity contribution in [3.63, 3.8) is 0 Å². The third-order valence-corrected chi connectivity index (χ3v) is 2.14. The standard InChI is InChI=1S/C12H17N3O2/c1-4-13-12(17)9-5-6-14-10(7-9)15-11(16)8(2)3/h5-8H,4H2,1-3H3,(H,13,17)(H,14,15,16). The van der Waals surface area contributed by atoms with Gasteiger partial charge in [-0.3, -0.25) is 9.59 Å². The molecule has 0 unspecified atom stereocenters. The molecule has 0 radical (unpaired) electrons. The Balaban J connectivity index is 2.79. The number of nitrogens with zero attached hydrogens (tertiary/aromatic N) is 1. The lowest BCUT2D eigenvalue weighted by Gasteiger charge is -2.08. The lowest BCUT2D eigenvalue weighted by molar-refractivity contribution is -0.118. The highest BCUT2D eigenvalue weighted by Crippen LogP contribution is 2.08. The van der Waals surface area contributed by atoms with Gasteiger partial charge in [0.1, 0.15) is 5.82 Å². The smallest absolute Gasteiger partial charge is 0.251 e. The van der Waals surface area contributed by atoms with Crippen LogP contribution in [-0.4, -0.2) is 23.3 Å². The van der Waals surface area contributed by atoms with Crippen LogP contribution in [0.25, 0.3) is 0 Å². The van der Waals surface area contributed by atoms with Crippen molar-refractivity contribution in [2.24, 2.45) is 5.92 Å². The van der Waals surface area contributed by atoms with Crippen molar-refractivity contribution in [3.05, 3.63) is 23.9 Å². The Bertz CT molecular complexity index is 416. The van der Waals surface area contributed by atoms with Gasteiger partial charge in [-0.25, -0.2) is 4.98 Å². The van der Waals surface area contributed by atoms with Gasteiger partial charge in [0.05, 0.1) is 0 Å². The summed E-state index contributed by atoms with van der Waals surface area (Å²) in [6.45, 7) is 6.00. The van der Waals surface area contributed by atoms with Crippen molar-refractivity contribution in [1.29, 1.82) is 0 Å². The monoisotopic (exact) mass is 235 g/mol. The largest absolute Gasteiger partial charge is 0.352 e. The maximum Gasteiger partial charge on any atom is 0.251 e. The van der Waals surface area contributed by atoms with Crippen molar-refractivity contribution in [1.82, 2.24) is 10.3 Å². The van der Waals surface area contributed by atoms with E-state index in [1.807, 2.05) is 6.92 Å². The summed E-state index contributed by atoms with van der Waals surface area (Å²) in [6.07, 6.45) is 1.50. The zero-order valence-electron chi connectivity index (χ0n) is 10.3. The predicted molar refractivity (Wildman–Crippen MR) is 65.7 cm³/mol. The zero-order valence-corrected chi connectivity index (χ0v) is 10.3. The SMILES string of the molecule is CCNC(=O)c1ccnc(NC(=O)C(C)C)c1. The van der Waals surface area contributed by atoms with Crippen LogP contribution in [0.1, 0.15) is 31.1 Å². The van der Waals surface area contributed by atoms with Crippen molar-refractivity contribution < 1.29 is 9.59 Å². The molecule has 0 atom stereocenters. The second-order valence-electron chi connectivity index (χ2n) is 3.93. The Morgan fingerprint density at radius 2 is 2.12 bits per heavy atom. The number of amides is 2. The van der Waals surface area contributed by atoms with Gasteiger partial charge in [-0.2, -0.15) is 0 Å². The molecule has 0 aliphatic carbocycles. The minimum absolute atomic E-state index is 0.120. The van der Waals surface area contributed by atoms with E-state index < -0.39 is 0 Å². The van der Waals surface area contributed by atoms with Gasteiger partial charge in [-0.1, -0.05) is 13.8 Å². The van der Waals surface area contributed by atoms with Gasteiger partial charge >= 0.3 is 0 Å². The lowest BCUT2D eigenvalue weighted by atomic mass is 10.2. The van der Waals surface area contributed by atoms with Crippen LogP contribution in [0.4, 0.5) is 5.82 Å². The highest BCUT2D eigenvalue weighted by atomic mass is 16.2. The summed E-state index contributed by atoms with van der Waals surface area (Å²) in [5.41, 5.74) is 0.487. The van der Waals surface area contributed by atoms with Crippen LogP contribution in [-0.2, 0) is 4.79 Å². The highest BCUT2D eigenvalue weighted by molar-refractivity contribution is 5.96. The quantitative estimate of drug-likeness (QED) is 0.829. The average Bonchev–Trinajstić information content (AvgIpc) is 2.29. The van der Waals surface area contributed by atoms with Crippen LogP contribution in [0.2, 0.25) is 0 Å². The minimum atomic E-state index is -0.171. The van der Waals surface area contributed by atoms with Gasteiger partial charge in [-0.05, 0) is 19.1 Å². The Kier molecular flexibility index (Phi) is 4.63. The highest BCUT2D eigenvalue weighted by Gasteiger charge is 2.10. The molecule has 0 aliphatic rings. The van der Waals surface area contributed by atoms with E-state index in [-0.39, 0.29) is 17.7 Å². The second kappa shape index (κ2) is 5.98. The van der Waals surface area contributed by atoms with E-state index in [1.165, 1.54) is 6.20 Å². The third kappa shape index (κ3) is 3.86. The van der Waals surface area contributed by atoms with E-state index in [2.05, 4.69) is 15.6 Å². The van der Waals surface area contributed by atoms with Crippen LogP contribution < -0.4 is 10.6 Å². The number of carbonyl (C=O) groups excluding carboxylic acids is 2. The topological polar surface area (TPSA) is 71.1 Å². The molecule has 0 saturated carbocycles. The van der Waals surface area contributed by atoms with E-state index >= 15 is 0 Å². The number of nitrogens with one attached hydrogen (secondary N) is 2. The molecule has 17 heavy (non-hydrogen) atoms. The molecule has 5 nitrogen and oxygen atoms in total. The molecule has 2 N–H and O–H groups in total. The van der Waals surface area contributed by atoms with Crippen LogP contribution >= 0.6 is 0 Å². The van der Waals surface area contributed by atoms with Gasteiger partial charge in [-0.15, -0.1) is 0 Å². The van der Waals surface area contributed by atoms with Crippen LogP contribution in [0.15, 0.2) is 18.3 Å².